The van der Waals surface area contributed by atoms with Gasteiger partial charge in [-0.25, -0.2) is 0 Å². The van der Waals surface area contributed by atoms with Gasteiger partial charge < -0.3 is 24.4 Å². The summed E-state index contributed by atoms with van der Waals surface area (Å²) < 4.78 is 12.1. The molecule has 2 amide bonds. The molecule has 2 bridgehead atoms. The van der Waals surface area contributed by atoms with E-state index < -0.39 is 41.1 Å². The van der Waals surface area contributed by atoms with E-state index in [1.165, 1.54) is 6.08 Å². The second-order valence-corrected chi connectivity index (χ2v) is 10.9. The van der Waals surface area contributed by atoms with Gasteiger partial charge in [0.1, 0.15) is 24.2 Å². The van der Waals surface area contributed by atoms with Crippen LogP contribution in [0, 0.1) is 23.7 Å². The Kier molecular flexibility index (Phi) is 7.87. The number of carbonyl (C=O) groups excluding carboxylic acids is 3. The van der Waals surface area contributed by atoms with Gasteiger partial charge in [0.25, 0.3) is 0 Å². The SMILES string of the molecule is C=CCOC(=O)[C@@H]1[C@H]2C(=O)N([C@@H](CO)[C@@H](C)CC)C(C(=O)N(CC=C)C(C)C)C23CC(C)[C@@]1(C)O3. The number of rotatable bonds is 11. The molecule has 1 spiro atoms. The Bertz CT molecular complexity index is 874. The summed E-state index contributed by atoms with van der Waals surface area (Å²) in [5.74, 6) is -2.91. The van der Waals surface area contributed by atoms with Gasteiger partial charge in [0.15, 0.2) is 0 Å². The zero-order valence-corrected chi connectivity index (χ0v) is 22.0. The van der Waals surface area contributed by atoms with E-state index in [4.69, 9.17) is 9.47 Å². The fourth-order valence-electron chi connectivity index (χ4n) is 6.57. The quantitative estimate of drug-likeness (QED) is 0.353. The number of aliphatic hydroxyl groups is 1. The number of carbonyl (C=O) groups is 3. The molecule has 0 radical (unpaired) electrons. The number of aliphatic hydroxyl groups excluding tert-OH is 1. The second-order valence-electron chi connectivity index (χ2n) is 10.9. The summed E-state index contributed by atoms with van der Waals surface area (Å²) >= 11 is 0. The summed E-state index contributed by atoms with van der Waals surface area (Å²) in [6.45, 7) is 19.1. The first-order chi connectivity index (χ1) is 16.5. The van der Waals surface area contributed by atoms with Crippen molar-refractivity contribution in [3.05, 3.63) is 25.3 Å². The Labute approximate surface area is 209 Å². The highest BCUT2D eigenvalue weighted by Gasteiger charge is 2.81. The molecule has 3 fully saturated rings. The molecule has 0 aliphatic carbocycles. The van der Waals surface area contributed by atoms with E-state index in [2.05, 4.69) is 13.2 Å². The third-order valence-electron chi connectivity index (χ3n) is 8.66. The molecule has 3 heterocycles. The molecule has 1 N–H and O–H groups in total. The van der Waals surface area contributed by atoms with Crippen LogP contribution in [-0.4, -0.2) is 81.8 Å². The van der Waals surface area contributed by atoms with E-state index in [1.807, 2.05) is 41.5 Å². The largest absolute Gasteiger partial charge is 0.461 e. The lowest BCUT2D eigenvalue weighted by molar-refractivity contribution is -0.164. The van der Waals surface area contributed by atoms with Crippen LogP contribution in [0.5, 0.6) is 0 Å². The van der Waals surface area contributed by atoms with Gasteiger partial charge in [-0.2, -0.15) is 0 Å². The fraction of sp³-hybridized carbons (Fsp3) is 0.741. The lowest BCUT2D eigenvalue weighted by Crippen LogP contribution is -2.60. The van der Waals surface area contributed by atoms with E-state index in [9.17, 15) is 19.5 Å². The number of ether oxygens (including phenoxy) is 2. The van der Waals surface area contributed by atoms with Crippen LogP contribution in [0.15, 0.2) is 25.3 Å². The molecule has 8 atom stereocenters. The van der Waals surface area contributed by atoms with E-state index in [-0.39, 0.29) is 42.9 Å². The molecule has 0 saturated carbocycles. The standard InChI is InChI=1S/C27H42N2O6/c1-9-12-28(16(4)5)24(32)22-27-14-18(7)26(8,35-27)21(25(33)34-13-10-2)20(27)23(31)29(22)19(15-30)17(6)11-3/h9-10,16-22,30H,1-2,11-15H2,3-8H3/t17-,18?,19-,20-,21-,22?,26+,27?/m0/s1. The molecule has 3 rings (SSSR count). The molecule has 35 heavy (non-hydrogen) atoms. The number of likely N-dealkylation sites (tertiary alicyclic amines) is 1. The molecule has 196 valence electrons. The van der Waals surface area contributed by atoms with Crippen molar-refractivity contribution in [1.82, 2.24) is 9.80 Å². The van der Waals surface area contributed by atoms with Crippen LogP contribution in [-0.2, 0) is 23.9 Å². The summed E-state index contributed by atoms with van der Waals surface area (Å²) in [5, 5.41) is 10.4. The Morgan fingerprint density at radius 1 is 1.31 bits per heavy atom. The van der Waals surface area contributed by atoms with Crippen molar-refractivity contribution >= 4 is 17.8 Å². The predicted octanol–water partition coefficient (Wildman–Crippen LogP) is 2.56. The van der Waals surface area contributed by atoms with Gasteiger partial charge in [-0.05, 0) is 39.0 Å². The monoisotopic (exact) mass is 490 g/mol. The molecule has 8 heteroatoms. The number of fused-ring (bicyclic) bond motifs is 1. The van der Waals surface area contributed by atoms with Crippen LogP contribution >= 0.6 is 0 Å². The zero-order valence-electron chi connectivity index (χ0n) is 22.0. The Balaban J connectivity index is 2.20. The molecular formula is C27H42N2O6. The lowest BCUT2D eigenvalue weighted by Gasteiger charge is -2.42. The Hall–Kier alpha value is -2.19. The smallest absolute Gasteiger partial charge is 0.313 e. The summed E-state index contributed by atoms with van der Waals surface area (Å²) in [5.41, 5.74) is -2.11. The van der Waals surface area contributed by atoms with Crippen LogP contribution in [0.4, 0.5) is 0 Å². The molecule has 3 unspecified atom stereocenters. The van der Waals surface area contributed by atoms with Gasteiger partial charge in [-0.15, -0.1) is 6.58 Å². The highest BCUT2D eigenvalue weighted by Crippen LogP contribution is 2.65. The van der Waals surface area contributed by atoms with Crippen molar-refractivity contribution < 1.29 is 29.0 Å². The van der Waals surface area contributed by atoms with Gasteiger partial charge in [0, 0.05) is 12.6 Å². The number of hydrogen-bond donors (Lipinski definition) is 1. The minimum Gasteiger partial charge on any atom is -0.461 e. The first-order valence-electron chi connectivity index (χ1n) is 12.8. The fourth-order valence-corrected chi connectivity index (χ4v) is 6.57. The predicted molar refractivity (Wildman–Crippen MR) is 132 cm³/mol. The summed E-state index contributed by atoms with van der Waals surface area (Å²) in [6, 6.07) is -1.66. The van der Waals surface area contributed by atoms with Crippen LogP contribution in [0.1, 0.15) is 54.4 Å². The van der Waals surface area contributed by atoms with Crippen molar-refractivity contribution in [2.75, 3.05) is 19.8 Å². The number of hydrogen-bond acceptors (Lipinski definition) is 6. The number of nitrogens with zero attached hydrogens (tertiary/aromatic N) is 2. The van der Waals surface area contributed by atoms with Crippen LogP contribution < -0.4 is 0 Å². The van der Waals surface area contributed by atoms with Gasteiger partial charge in [-0.3, -0.25) is 14.4 Å². The molecule has 3 aliphatic rings. The van der Waals surface area contributed by atoms with Crippen molar-refractivity contribution in [3.8, 4) is 0 Å². The minimum absolute atomic E-state index is 0.0341. The van der Waals surface area contributed by atoms with Crippen molar-refractivity contribution in [1.29, 1.82) is 0 Å². The van der Waals surface area contributed by atoms with Crippen LogP contribution in [0.25, 0.3) is 0 Å². The normalized spacial score (nSPS) is 35.1. The summed E-state index contributed by atoms with van der Waals surface area (Å²) in [4.78, 5) is 45.0. The molecule has 0 aromatic heterocycles. The molecular weight excluding hydrogens is 448 g/mol. The first kappa shape index (κ1) is 27.4. The average Bonchev–Trinajstić information content (AvgIpc) is 3.32. The van der Waals surface area contributed by atoms with Gasteiger partial charge in [0.2, 0.25) is 11.8 Å². The molecule has 3 saturated heterocycles. The average molecular weight is 491 g/mol. The molecule has 3 aliphatic heterocycles. The van der Waals surface area contributed by atoms with E-state index >= 15 is 0 Å². The van der Waals surface area contributed by atoms with Gasteiger partial charge in [-0.1, -0.05) is 45.9 Å². The highest BCUT2D eigenvalue weighted by molar-refractivity contribution is 5.99. The molecule has 0 aromatic rings. The van der Waals surface area contributed by atoms with E-state index in [1.54, 1.807) is 15.9 Å². The van der Waals surface area contributed by atoms with Crippen molar-refractivity contribution in [3.63, 3.8) is 0 Å². The maximum absolute atomic E-state index is 14.2. The maximum Gasteiger partial charge on any atom is 0.313 e. The number of amides is 2. The van der Waals surface area contributed by atoms with E-state index in [0.29, 0.717) is 19.4 Å². The zero-order chi connectivity index (χ0) is 26.3. The topological polar surface area (TPSA) is 96.4 Å². The van der Waals surface area contributed by atoms with Gasteiger partial charge >= 0.3 is 5.97 Å². The molecule has 8 nitrogen and oxygen atoms in total. The third kappa shape index (κ3) is 4.02. The Morgan fingerprint density at radius 2 is 1.97 bits per heavy atom. The van der Waals surface area contributed by atoms with Crippen LogP contribution in [0.2, 0.25) is 0 Å². The highest BCUT2D eigenvalue weighted by atomic mass is 16.6. The molecule has 0 aromatic carbocycles. The van der Waals surface area contributed by atoms with Crippen molar-refractivity contribution in [2.45, 2.75) is 83.7 Å². The number of esters is 1. The second kappa shape index (κ2) is 10.1. The summed E-state index contributed by atoms with van der Waals surface area (Å²) in [7, 11) is 0. The minimum atomic E-state index is -1.17. The van der Waals surface area contributed by atoms with Gasteiger partial charge in [0.05, 0.1) is 24.2 Å². The lowest BCUT2D eigenvalue weighted by atomic mass is 9.62. The van der Waals surface area contributed by atoms with Crippen LogP contribution in [0.3, 0.4) is 0 Å². The third-order valence-corrected chi connectivity index (χ3v) is 8.66. The van der Waals surface area contributed by atoms with Crippen molar-refractivity contribution in [2.24, 2.45) is 23.7 Å². The summed E-state index contributed by atoms with van der Waals surface area (Å²) in [6.07, 6.45) is 4.34. The maximum atomic E-state index is 14.2. The first-order valence-corrected chi connectivity index (χ1v) is 12.8. The van der Waals surface area contributed by atoms with E-state index in [0.717, 1.165) is 0 Å². The Morgan fingerprint density at radius 3 is 2.49 bits per heavy atom.